The molecule has 2 aliphatic rings. The Balaban J connectivity index is 1.72. The Morgan fingerprint density at radius 3 is 2.89 bits per heavy atom. The number of urea groups is 1. The first-order valence-electron chi connectivity index (χ1n) is 5.90. The molecule has 1 aromatic rings. The van der Waals surface area contributed by atoms with Crippen molar-refractivity contribution in [3.63, 3.8) is 0 Å². The molecule has 1 saturated carbocycles. The summed E-state index contributed by atoms with van der Waals surface area (Å²) in [7, 11) is 0. The van der Waals surface area contributed by atoms with E-state index < -0.39 is 5.97 Å². The van der Waals surface area contributed by atoms with Crippen molar-refractivity contribution in [3.05, 3.63) is 11.1 Å². The van der Waals surface area contributed by atoms with Gasteiger partial charge in [0.25, 0.3) is 0 Å². The van der Waals surface area contributed by atoms with Crippen molar-refractivity contribution in [2.24, 2.45) is 5.92 Å². The van der Waals surface area contributed by atoms with E-state index in [4.69, 9.17) is 5.11 Å². The monoisotopic (exact) mass is 267 g/mol. The molecule has 0 spiro atoms. The number of carboxylic acids is 1. The maximum Gasteiger partial charge on any atom is 0.347 e. The van der Waals surface area contributed by atoms with Crippen LogP contribution in [0.15, 0.2) is 6.20 Å². The number of aromatic carboxylic acids is 1. The molecular formula is C11H13N3O3S. The summed E-state index contributed by atoms with van der Waals surface area (Å²) in [6.45, 7) is 2.13. The van der Waals surface area contributed by atoms with Crippen LogP contribution in [0.1, 0.15) is 22.5 Å². The fourth-order valence-electron chi connectivity index (χ4n) is 2.03. The van der Waals surface area contributed by atoms with Gasteiger partial charge in [-0.05, 0) is 18.8 Å². The van der Waals surface area contributed by atoms with Gasteiger partial charge >= 0.3 is 12.0 Å². The highest BCUT2D eigenvalue weighted by molar-refractivity contribution is 7.17. The number of rotatable bonds is 4. The largest absolute Gasteiger partial charge is 0.477 e. The number of carbonyl (C=O) groups is 2. The number of hydrogen-bond donors (Lipinski definition) is 1. The second-order valence-corrected chi connectivity index (χ2v) is 5.64. The van der Waals surface area contributed by atoms with Gasteiger partial charge in [-0.25, -0.2) is 14.6 Å². The molecule has 2 fully saturated rings. The summed E-state index contributed by atoms with van der Waals surface area (Å²) < 4.78 is 0. The molecule has 1 N–H and O–H groups in total. The zero-order chi connectivity index (χ0) is 12.7. The summed E-state index contributed by atoms with van der Waals surface area (Å²) in [6, 6.07) is -0.0480. The summed E-state index contributed by atoms with van der Waals surface area (Å²) in [6.07, 6.45) is 3.73. The van der Waals surface area contributed by atoms with E-state index >= 15 is 0 Å². The van der Waals surface area contributed by atoms with Gasteiger partial charge in [-0.2, -0.15) is 0 Å². The van der Waals surface area contributed by atoms with E-state index in [0.29, 0.717) is 24.1 Å². The number of carboxylic acid groups (broad SMARTS) is 1. The summed E-state index contributed by atoms with van der Waals surface area (Å²) in [4.78, 5) is 30.5. The first-order valence-corrected chi connectivity index (χ1v) is 6.72. The number of thiazole rings is 1. The summed E-state index contributed by atoms with van der Waals surface area (Å²) >= 11 is 1.05. The average molecular weight is 267 g/mol. The van der Waals surface area contributed by atoms with Crippen LogP contribution in [0.2, 0.25) is 0 Å². The van der Waals surface area contributed by atoms with Crippen LogP contribution in [-0.2, 0) is 0 Å². The SMILES string of the molecule is O=C(O)c1cnc(N2CCN(CC3CC3)C2=O)s1. The number of carbonyl (C=O) groups excluding carboxylic acids is 1. The minimum atomic E-state index is -1.000. The number of nitrogens with zero attached hydrogens (tertiary/aromatic N) is 3. The fourth-order valence-corrected chi connectivity index (χ4v) is 2.80. The molecule has 0 radical (unpaired) electrons. The molecule has 3 rings (SSSR count). The molecule has 1 aliphatic carbocycles. The minimum Gasteiger partial charge on any atom is -0.477 e. The van der Waals surface area contributed by atoms with E-state index in [1.54, 1.807) is 4.90 Å². The topological polar surface area (TPSA) is 73.7 Å². The lowest BCUT2D eigenvalue weighted by molar-refractivity contribution is 0.0702. The van der Waals surface area contributed by atoms with Crippen LogP contribution in [0.3, 0.4) is 0 Å². The van der Waals surface area contributed by atoms with Crippen LogP contribution >= 0.6 is 11.3 Å². The van der Waals surface area contributed by atoms with Gasteiger partial charge in [-0.3, -0.25) is 4.90 Å². The van der Waals surface area contributed by atoms with Gasteiger partial charge in [-0.1, -0.05) is 11.3 Å². The molecule has 0 atom stereocenters. The van der Waals surface area contributed by atoms with E-state index in [0.717, 1.165) is 17.9 Å². The average Bonchev–Trinajstić information content (AvgIpc) is 2.87. The lowest BCUT2D eigenvalue weighted by Gasteiger charge is -2.16. The second-order valence-electron chi connectivity index (χ2n) is 4.64. The molecule has 0 aromatic carbocycles. The minimum absolute atomic E-state index is 0.0480. The molecule has 0 unspecified atom stereocenters. The highest BCUT2D eigenvalue weighted by atomic mass is 32.1. The molecule has 1 saturated heterocycles. The molecule has 0 bridgehead atoms. The number of anilines is 1. The predicted molar refractivity (Wildman–Crippen MR) is 66.1 cm³/mol. The fraction of sp³-hybridized carbons (Fsp3) is 0.545. The van der Waals surface area contributed by atoms with Crippen LogP contribution in [-0.4, -0.2) is 46.6 Å². The first kappa shape index (κ1) is 11.5. The highest BCUT2D eigenvalue weighted by Crippen LogP contribution is 2.32. The molecule has 18 heavy (non-hydrogen) atoms. The van der Waals surface area contributed by atoms with Gasteiger partial charge in [0.1, 0.15) is 4.88 Å². The Labute approximate surface area is 108 Å². The molecule has 1 aromatic heterocycles. The molecule has 1 aliphatic heterocycles. The number of hydrogen-bond acceptors (Lipinski definition) is 4. The molecule has 2 amide bonds. The third kappa shape index (κ3) is 2.05. The Hall–Kier alpha value is -1.63. The lowest BCUT2D eigenvalue weighted by atomic mass is 10.4. The molecule has 2 heterocycles. The van der Waals surface area contributed by atoms with Crippen LogP contribution in [0.4, 0.5) is 9.93 Å². The quantitative estimate of drug-likeness (QED) is 0.897. The molecule has 6 nitrogen and oxygen atoms in total. The van der Waals surface area contributed by atoms with Crippen molar-refractivity contribution in [1.29, 1.82) is 0 Å². The van der Waals surface area contributed by atoms with Crippen LogP contribution in [0.25, 0.3) is 0 Å². The van der Waals surface area contributed by atoms with Gasteiger partial charge < -0.3 is 10.0 Å². The Kier molecular flexibility index (Phi) is 2.70. The van der Waals surface area contributed by atoms with Gasteiger partial charge in [0.05, 0.1) is 6.20 Å². The van der Waals surface area contributed by atoms with Gasteiger partial charge in [0.15, 0.2) is 5.13 Å². The van der Waals surface area contributed by atoms with E-state index in [9.17, 15) is 9.59 Å². The van der Waals surface area contributed by atoms with Crippen molar-refractivity contribution >= 4 is 28.5 Å². The number of aromatic nitrogens is 1. The number of amides is 2. The van der Waals surface area contributed by atoms with Gasteiger partial charge in [0, 0.05) is 19.6 Å². The summed E-state index contributed by atoms with van der Waals surface area (Å²) in [5.41, 5.74) is 0. The lowest BCUT2D eigenvalue weighted by Crippen LogP contribution is -2.33. The third-order valence-electron chi connectivity index (χ3n) is 3.21. The Morgan fingerprint density at radius 1 is 1.50 bits per heavy atom. The van der Waals surface area contributed by atoms with Crippen molar-refractivity contribution in [2.45, 2.75) is 12.8 Å². The van der Waals surface area contributed by atoms with Gasteiger partial charge in [-0.15, -0.1) is 0 Å². The van der Waals surface area contributed by atoms with Gasteiger partial charge in [0.2, 0.25) is 0 Å². The van der Waals surface area contributed by atoms with Crippen LogP contribution in [0, 0.1) is 5.92 Å². The second kappa shape index (κ2) is 4.24. The van der Waals surface area contributed by atoms with E-state index in [1.807, 2.05) is 4.90 Å². The first-order chi connectivity index (χ1) is 8.65. The standard InChI is InChI=1S/C11H13N3O3S/c15-9(16)8-5-12-10(18-8)14-4-3-13(11(14)17)6-7-1-2-7/h5,7H,1-4,6H2,(H,15,16). The molecule has 7 heteroatoms. The van der Waals surface area contributed by atoms with Crippen molar-refractivity contribution in [1.82, 2.24) is 9.88 Å². The molecule has 96 valence electrons. The molecular weight excluding hydrogens is 254 g/mol. The highest BCUT2D eigenvalue weighted by Gasteiger charge is 2.35. The smallest absolute Gasteiger partial charge is 0.347 e. The Bertz CT molecular complexity index is 497. The van der Waals surface area contributed by atoms with E-state index in [2.05, 4.69) is 4.98 Å². The Morgan fingerprint density at radius 2 is 2.28 bits per heavy atom. The zero-order valence-corrected chi connectivity index (χ0v) is 10.5. The summed E-state index contributed by atoms with van der Waals surface area (Å²) in [5.74, 6) is -0.333. The van der Waals surface area contributed by atoms with Crippen LogP contribution < -0.4 is 4.90 Å². The maximum atomic E-state index is 12.1. The maximum absolute atomic E-state index is 12.1. The summed E-state index contributed by atoms with van der Waals surface area (Å²) in [5, 5.41) is 9.32. The third-order valence-corrected chi connectivity index (χ3v) is 4.21. The van der Waals surface area contributed by atoms with Crippen molar-refractivity contribution in [2.75, 3.05) is 24.5 Å². The van der Waals surface area contributed by atoms with Crippen LogP contribution in [0.5, 0.6) is 0 Å². The zero-order valence-electron chi connectivity index (χ0n) is 9.70. The predicted octanol–water partition coefficient (Wildman–Crippen LogP) is 1.49. The van der Waals surface area contributed by atoms with E-state index in [1.165, 1.54) is 19.0 Å². The normalized spacial score (nSPS) is 19.7. The van der Waals surface area contributed by atoms with Crippen molar-refractivity contribution < 1.29 is 14.7 Å². The van der Waals surface area contributed by atoms with Crippen molar-refractivity contribution in [3.8, 4) is 0 Å². The van der Waals surface area contributed by atoms with E-state index in [-0.39, 0.29) is 10.9 Å².